The molecule has 0 fully saturated rings. The number of allylic oxidation sites excluding steroid dienone is 4. The zero-order valence-corrected chi connectivity index (χ0v) is 14.1. The first kappa shape index (κ1) is 18.1. The van der Waals surface area contributed by atoms with Gasteiger partial charge in [0.1, 0.15) is 0 Å². The Balaban J connectivity index is 2.02. The molecule has 1 nitrogen and oxygen atoms in total. The molecule has 1 aliphatic rings. The SMILES string of the molecule is CCCCCCCCCCCCC1([C+]=O)C=CC=C(C)C1. The fraction of sp³-hybridized carbons (Fsp3) is 0.750. The Morgan fingerprint density at radius 1 is 1.00 bits per heavy atom. The van der Waals surface area contributed by atoms with Gasteiger partial charge in [0.15, 0.2) is 0 Å². The van der Waals surface area contributed by atoms with Crippen molar-refractivity contribution >= 4 is 6.29 Å². The minimum atomic E-state index is -0.320. The van der Waals surface area contributed by atoms with Crippen LogP contribution in [0, 0.1) is 5.41 Å². The summed E-state index contributed by atoms with van der Waals surface area (Å²) in [5, 5.41) is 0. The Morgan fingerprint density at radius 3 is 2.10 bits per heavy atom. The molecule has 21 heavy (non-hydrogen) atoms. The van der Waals surface area contributed by atoms with Crippen molar-refractivity contribution in [2.45, 2.75) is 90.9 Å². The molecule has 1 aliphatic carbocycles. The Labute approximate surface area is 131 Å². The van der Waals surface area contributed by atoms with Gasteiger partial charge in [0.25, 0.3) is 5.41 Å². The monoisotopic (exact) mass is 289 g/mol. The minimum Gasteiger partial charge on any atom is -0.0674 e. The number of hydrogen-bond donors (Lipinski definition) is 0. The molecule has 0 aromatic carbocycles. The van der Waals surface area contributed by atoms with Crippen molar-refractivity contribution in [1.82, 2.24) is 0 Å². The molecule has 0 aromatic rings. The van der Waals surface area contributed by atoms with Crippen LogP contribution < -0.4 is 0 Å². The molecule has 0 radical (unpaired) electrons. The third-order valence-corrected chi connectivity index (χ3v) is 4.57. The summed E-state index contributed by atoms with van der Waals surface area (Å²) in [7, 11) is 0. The maximum absolute atomic E-state index is 11.3. The van der Waals surface area contributed by atoms with E-state index in [0.29, 0.717) is 0 Å². The molecule has 1 heteroatoms. The fourth-order valence-corrected chi connectivity index (χ4v) is 3.23. The molecule has 0 bridgehead atoms. The van der Waals surface area contributed by atoms with Crippen molar-refractivity contribution < 1.29 is 4.79 Å². The summed E-state index contributed by atoms with van der Waals surface area (Å²) in [6, 6.07) is 0. The molecule has 1 unspecified atom stereocenters. The number of unbranched alkanes of at least 4 members (excludes halogenated alkanes) is 9. The zero-order valence-electron chi connectivity index (χ0n) is 14.1. The van der Waals surface area contributed by atoms with Crippen LogP contribution in [0.4, 0.5) is 0 Å². The first-order valence-corrected chi connectivity index (χ1v) is 8.97. The molecule has 0 saturated heterocycles. The van der Waals surface area contributed by atoms with Gasteiger partial charge in [0, 0.05) is 17.6 Å². The number of carbonyl (C=O) groups excluding carboxylic acids is 1. The lowest BCUT2D eigenvalue weighted by atomic mass is 9.76. The molecular weight excluding hydrogens is 256 g/mol. The van der Waals surface area contributed by atoms with E-state index in [1.807, 2.05) is 6.08 Å². The summed E-state index contributed by atoms with van der Waals surface area (Å²) in [5.41, 5.74) is 0.979. The van der Waals surface area contributed by atoms with Gasteiger partial charge in [0.05, 0.1) is 0 Å². The first-order valence-electron chi connectivity index (χ1n) is 8.97. The molecule has 1 atom stereocenters. The van der Waals surface area contributed by atoms with Crippen LogP contribution in [0.15, 0.2) is 23.8 Å². The van der Waals surface area contributed by atoms with E-state index in [4.69, 9.17) is 0 Å². The van der Waals surface area contributed by atoms with Crippen molar-refractivity contribution in [3.63, 3.8) is 0 Å². The summed E-state index contributed by atoms with van der Waals surface area (Å²) in [4.78, 5) is 11.3. The average Bonchev–Trinajstić information content (AvgIpc) is 2.49. The van der Waals surface area contributed by atoms with E-state index in [1.54, 1.807) is 0 Å². The lowest BCUT2D eigenvalue weighted by molar-refractivity contribution is 0.406. The van der Waals surface area contributed by atoms with E-state index in [9.17, 15) is 4.79 Å². The molecule has 118 valence electrons. The highest BCUT2D eigenvalue weighted by Gasteiger charge is 2.42. The smallest absolute Gasteiger partial charge is 0.0674 e. The van der Waals surface area contributed by atoms with E-state index in [-0.39, 0.29) is 5.41 Å². The van der Waals surface area contributed by atoms with Crippen LogP contribution in [0.2, 0.25) is 0 Å². The topological polar surface area (TPSA) is 17.1 Å². The third kappa shape index (κ3) is 7.58. The molecule has 0 saturated carbocycles. The predicted octanol–water partition coefficient (Wildman–Crippen LogP) is 6.30. The molecule has 1 rings (SSSR count). The van der Waals surface area contributed by atoms with Gasteiger partial charge in [-0.2, -0.15) is 0 Å². The molecule has 0 N–H and O–H groups in total. The van der Waals surface area contributed by atoms with Gasteiger partial charge in [0.2, 0.25) is 0 Å². The lowest BCUT2D eigenvalue weighted by Gasteiger charge is -2.16. The van der Waals surface area contributed by atoms with Crippen LogP contribution in [-0.2, 0) is 4.79 Å². The largest absolute Gasteiger partial charge is 0.517 e. The zero-order chi connectivity index (χ0) is 15.4. The van der Waals surface area contributed by atoms with Gasteiger partial charge in [-0.05, 0) is 19.4 Å². The van der Waals surface area contributed by atoms with E-state index < -0.39 is 0 Å². The highest BCUT2D eigenvalue weighted by atomic mass is 16.1. The second kappa shape index (κ2) is 10.7. The normalized spacial score (nSPS) is 21.1. The Hall–Kier alpha value is -0.940. The van der Waals surface area contributed by atoms with Gasteiger partial charge in [-0.15, -0.1) is 0 Å². The fourth-order valence-electron chi connectivity index (χ4n) is 3.23. The third-order valence-electron chi connectivity index (χ3n) is 4.57. The Morgan fingerprint density at radius 2 is 1.57 bits per heavy atom. The maximum atomic E-state index is 11.3. The van der Waals surface area contributed by atoms with Crippen LogP contribution in [-0.4, -0.2) is 6.29 Å². The summed E-state index contributed by atoms with van der Waals surface area (Å²) in [5.74, 6) is 0. The second-order valence-corrected chi connectivity index (χ2v) is 6.74. The van der Waals surface area contributed by atoms with Gasteiger partial charge < -0.3 is 0 Å². The number of rotatable bonds is 12. The second-order valence-electron chi connectivity index (χ2n) is 6.74. The van der Waals surface area contributed by atoms with Crippen LogP contribution >= 0.6 is 0 Å². The van der Waals surface area contributed by atoms with Gasteiger partial charge in [-0.3, -0.25) is 0 Å². The van der Waals surface area contributed by atoms with E-state index in [0.717, 1.165) is 19.3 Å². The molecule has 0 amide bonds. The van der Waals surface area contributed by atoms with Crippen LogP contribution in [0.5, 0.6) is 0 Å². The summed E-state index contributed by atoms with van der Waals surface area (Å²) in [6.45, 7) is 4.37. The molecular formula is C20H33O+. The summed E-state index contributed by atoms with van der Waals surface area (Å²) >= 11 is 0. The number of hydrogen-bond acceptors (Lipinski definition) is 1. The van der Waals surface area contributed by atoms with Crippen molar-refractivity contribution in [3.8, 4) is 0 Å². The van der Waals surface area contributed by atoms with Gasteiger partial charge >= 0.3 is 6.29 Å². The Bertz CT molecular complexity index is 340. The quantitative estimate of drug-likeness (QED) is 0.304. The van der Waals surface area contributed by atoms with Gasteiger partial charge in [-0.25, -0.2) is 0 Å². The molecule has 0 aromatic heterocycles. The molecule has 0 spiro atoms. The summed E-state index contributed by atoms with van der Waals surface area (Å²) < 4.78 is 0. The maximum Gasteiger partial charge on any atom is 0.517 e. The van der Waals surface area contributed by atoms with Crippen molar-refractivity contribution in [1.29, 1.82) is 0 Å². The minimum absolute atomic E-state index is 0.320. The average molecular weight is 289 g/mol. The first-order chi connectivity index (χ1) is 10.2. The highest BCUT2D eigenvalue weighted by molar-refractivity contribution is 5.65. The van der Waals surface area contributed by atoms with Gasteiger partial charge in [-0.1, -0.05) is 82.4 Å². The predicted molar refractivity (Wildman–Crippen MR) is 92.1 cm³/mol. The van der Waals surface area contributed by atoms with Crippen LogP contribution in [0.25, 0.3) is 0 Å². The highest BCUT2D eigenvalue weighted by Crippen LogP contribution is 2.34. The van der Waals surface area contributed by atoms with Crippen LogP contribution in [0.3, 0.4) is 0 Å². The van der Waals surface area contributed by atoms with Crippen molar-refractivity contribution in [2.75, 3.05) is 0 Å². The summed E-state index contributed by atoms with van der Waals surface area (Å²) in [6.07, 6.45) is 23.8. The van der Waals surface area contributed by atoms with E-state index in [1.165, 1.54) is 63.4 Å². The standard InChI is InChI=1S/C20H33O/c1-3-4-5-6-7-8-9-10-11-12-15-20(18-21)16-13-14-19(2)17-20/h13-14,16H,3-12,15,17H2,1-2H3/q+1. The Kier molecular flexibility index (Phi) is 9.26. The molecule has 0 aliphatic heterocycles. The van der Waals surface area contributed by atoms with Crippen molar-refractivity contribution in [2.24, 2.45) is 5.41 Å². The van der Waals surface area contributed by atoms with E-state index >= 15 is 0 Å². The van der Waals surface area contributed by atoms with Crippen molar-refractivity contribution in [3.05, 3.63) is 23.8 Å². The van der Waals surface area contributed by atoms with E-state index in [2.05, 4.69) is 32.3 Å². The molecule has 0 heterocycles. The lowest BCUT2D eigenvalue weighted by Crippen LogP contribution is -2.22. The van der Waals surface area contributed by atoms with Crippen LogP contribution in [0.1, 0.15) is 90.9 Å².